The Morgan fingerprint density at radius 1 is 1.11 bits per heavy atom. The van der Waals surface area contributed by atoms with Crippen molar-refractivity contribution in [3.05, 3.63) is 48.5 Å². The first-order valence-corrected chi connectivity index (χ1v) is 9.54. The molecule has 1 spiro atoms. The van der Waals surface area contributed by atoms with E-state index in [2.05, 4.69) is 14.5 Å². The van der Waals surface area contributed by atoms with Crippen LogP contribution >= 0.6 is 0 Å². The van der Waals surface area contributed by atoms with Gasteiger partial charge in [-0.15, -0.1) is 0 Å². The second-order valence-electron chi connectivity index (χ2n) is 7.46. The largest absolute Gasteiger partial charge is 0.381 e. The highest BCUT2D eigenvalue weighted by Crippen LogP contribution is 2.40. The van der Waals surface area contributed by atoms with Gasteiger partial charge in [0.2, 0.25) is 0 Å². The number of hydrogen-bond acceptors (Lipinski definition) is 4. The number of hydrogen-bond donors (Lipinski definition) is 0. The first kappa shape index (κ1) is 16.8. The predicted octanol–water partition coefficient (Wildman–Crippen LogP) is 4.14. The fourth-order valence-electron chi connectivity index (χ4n) is 4.37. The van der Waals surface area contributed by atoms with Crippen molar-refractivity contribution in [2.45, 2.75) is 37.3 Å². The van der Waals surface area contributed by atoms with Gasteiger partial charge in [-0.1, -0.05) is 18.2 Å². The highest BCUT2D eigenvalue weighted by Gasteiger charge is 2.40. The Morgan fingerprint density at radius 3 is 2.89 bits per heavy atom. The van der Waals surface area contributed by atoms with Gasteiger partial charge in [-0.3, -0.25) is 0 Å². The fraction of sp³-hybridized carbons (Fsp3) is 0.429. The lowest BCUT2D eigenvalue weighted by atomic mass is 9.84. The average molecular weight is 367 g/mol. The third kappa shape index (κ3) is 3.03. The molecule has 2 saturated heterocycles. The molecule has 0 saturated carbocycles. The number of rotatable bonds is 2. The topological polar surface area (TPSA) is 49.2 Å². The number of ether oxygens (including phenoxy) is 2. The standard InChI is InChI=1S/C21H22FN3O2/c22-17-3-1-2-15-4-5-18(24-19(15)17)20-23-9-10-25(20)16-6-11-27-21(14-16)7-12-26-13-8-21/h1-5,9-10,16H,6-8,11-14H2. The number of imidazole rings is 1. The maximum absolute atomic E-state index is 14.2. The van der Waals surface area contributed by atoms with Crippen LogP contribution in [0.1, 0.15) is 31.7 Å². The molecule has 2 aromatic heterocycles. The lowest BCUT2D eigenvalue weighted by molar-refractivity contribution is -0.144. The maximum Gasteiger partial charge on any atom is 0.158 e. The summed E-state index contributed by atoms with van der Waals surface area (Å²) in [6, 6.07) is 9.14. The summed E-state index contributed by atoms with van der Waals surface area (Å²) in [7, 11) is 0. The summed E-state index contributed by atoms with van der Waals surface area (Å²) in [5.41, 5.74) is 0.994. The van der Waals surface area contributed by atoms with E-state index in [9.17, 15) is 4.39 Å². The second kappa shape index (κ2) is 6.69. The third-order valence-electron chi connectivity index (χ3n) is 5.83. The molecule has 2 fully saturated rings. The van der Waals surface area contributed by atoms with Gasteiger partial charge < -0.3 is 14.0 Å². The van der Waals surface area contributed by atoms with E-state index in [0.717, 1.165) is 56.7 Å². The Hall–Kier alpha value is -2.31. The number of nitrogens with zero attached hydrogens (tertiary/aromatic N) is 3. The number of benzene rings is 1. The van der Waals surface area contributed by atoms with Gasteiger partial charge in [-0.05, 0) is 37.8 Å². The van der Waals surface area contributed by atoms with Gasteiger partial charge in [0, 0.05) is 43.6 Å². The van der Waals surface area contributed by atoms with E-state index in [1.165, 1.54) is 6.07 Å². The van der Waals surface area contributed by atoms with Gasteiger partial charge in [0.1, 0.15) is 17.0 Å². The molecule has 0 aliphatic carbocycles. The summed E-state index contributed by atoms with van der Waals surface area (Å²) in [4.78, 5) is 9.11. The van der Waals surface area contributed by atoms with Crippen molar-refractivity contribution in [2.75, 3.05) is 19.8 Å². The molecule has 0 amide bonds. The van der Waals surface area contributed by atoms with Crippen molar-refractivity contribution in [2.24, 2.45) is 0 Å². The van der Waals surface area contributed by atoms with Gasteiger partial charge >= 0.3 is 0 Å². The van der Waals surface area contributed by atoms with E-state index in [1.54, 1.807) is 12.3 Å². The molecule has 140 valence electrons. The predicted molar refractivity (Wildman–Crippen MR) is 99.9 cm³/mol. The minimum Gasteiger partial charge on any atom is -0.381 e. The van der Waals surface area contributed by atoms with Crippen molar-refractivity contribution in [1.29, 1.82) is 0 Å². The molecule has 0 radical (unpaired) electrons. The Bertz CT molecular complexity index is 959. The van der Waals surface area contributed by atoms with E-state index in [-0.39, 0.29) is 11.4 Å². The van der Waals surface area contributed by atoms with E-state index in [0.29, 0.717) is 17.3 Å². The van der Waals surface area contributed by atoms with Crippen molar-refractivity contribution in [3.63, 3.8) is 0 Å². The summed E-state index contributed by atoms with van der Waals surface area (Å²) in [6.07, 6.45) is 7.57. The molecule has 1 aromatic carbocycles. The third-order valence-corrected chi connectivity index (χ3v) is 5.83. The Morgan fingerprint density at radius 2 is 2.00 bits per heavy atom. The van der Waals surface area contributed by atoms with Crippen LogP contribution in [0, 0.1) is 5.82 Å². The minimum absolute atomic E-state index is 0.0916. The molecule has 1 atom stereocenters. The first-order valence-electron chi connectivity index (χ1n) is 9.54. The van der Waals surface area contributed by atoms with Gasteiger partial charge in [-0.2, -0.15) is 0 Å². The smallest absolute Gasteiger partial charge is 0.158 e. The van der Waals surface area contributed by atoms with Crippen molar-refractivity contribution in [3.8, 4) is 11.5 Å². The van der Waals surface area contributed by atoms with Crippen LogP contribution in [-0.4, -0.2) is 40.0 Å². The summed E-state index contributed by atoms with van der Waals surface area (Å²) in [6.45, 7) is 2.26. The van der Waals surface area contributed by atoms with E-state index in [4.69, 9.17) is 9.47 Å². The van der Waals surface area contributed by atoms with Crippen LogP contribution in [0.4, 0.5) is 4.39 Å². The highest BCUT2D eigenvalue weighted by atomic mass is 19.1. The molecule has 27 heavy (non-hydrogen) atoms. The summed E-state index contributed by atoms with van der Waals surface area (Å²) < 4.78 is 28.1. The molecule has 0 bridgehead atoms. The molecule has 4 heterocycles. The van der Waals surface area contributed by atoms with Crippen LogP contribution in [0.5, 0.6) is 0 Å². The van der Waals surface area contributed by atoms with Crippen LogP contribution in [0.3, 0.4) is 0 Å². The Labute approximate surface area is 157 Å². The summed E-state index contributed by atoms with van der Waals surface area (Å²) in [5, 5.41) is 0.795. The number of para-hydroxylation sites is 1. The van der Waals surface area contributed by atoms with Crippen LogP contribution in [-0.2, 0) is 9.47 Å². The van der Waals surface area contributed by atoms with E-state index in [1.807, 2.05) is 24.4 Å². The zero-order valence-corrected chi connectivity index (χ0v) is 15.1. The van der Waals surface area contributed by atoms with E-state index >= 15 is 0 Å². The molecular formula is C21H22FN3O2. The van der Waals surface area contributed by atoms with Gasteiger partial charge in [-0.25, -0.2) is 14.4 Å². The molecule has 5 rings (SSSR count). The molecule has 6 heteroatoms. The second-order valence-corrected chi connectivity index (χ2v) is 7.46. The summed E-state index contributed by atoms with van der Waals surface area (Å²) in [5.74, 6) is 0.481. The molecule has 2 aliphatic rings. The monoisotopic (exact) mass is 367 g/mol. The van der Waals surface area contributed by atoms with E-state index < -0.39 is 0 Å². The highest BCUT2D eigenvalue weighted by molar-refractivity contribution is 5.81. The molecule has 2 aliphatic heterocycles. The van der Waals surface area contributed by atoms with Gasteiger partial charge in [0.25, 0.3) is 0 Å². The summed E-state index contributed by atoms with van der Waals surface area (Å²) >= 11 is 0. The molecule has 5 nitrogen and oxygen atoms in total. The van der Waals surface area contributed by atoms with Gasteiger partial charge in [0.15, 0.2) is 5.82 Å². The molecular weight excluding hydrogens is 345 g/mol. The quantitative estimate of drug-likeness (QED) is 0.683. The van der Waals surface area contributed by atoms with Crippen LogP contribution in [0.2, 0.25) is 0 Å². The van der Waals surface area contributed by atoms with Crippen LogP contribution in [0.25, 0.3) is 22.4 Å². The Kier molecular flexibility index (Phi) is 4.17. The number of pyridine rings is 1. The zero-order valence-electron chi connectivity index (χ0n) is 15.1. The Balaban J connectivity index is 1.50. The normalized spacial score (nSPS) is 22.3. The van der Waals surface area contributed by atoms with Crippen molar-refractivity contribution < 1.29 is 13.9 Å². The average Bonchev–Trinajstić information content (AvgIpc) is 3.19. The number of halogens is 1. The maximum atomic E-state index is 14.2. The van der Waals surface area contributed by atoms with Crippen molar-refractivity contribution in [1.82, 2.24) is 14.5 Å². The molecule has 3 aromatic rings. The van der Waals surface area contributed by atoms with Gasteiger partial charge in [0.05, 0.1) is 5.60 Å². The minimum atomic E-state index is -0.306. The van der Waals surface area contributed by atoms with Crippen molar-refractivity contribution >= 4 is 10.9 Å². The lowest BCUT2D eigenvalue weighted by Crippen LogP contribution is -2.44. The molecule has 0 N–H and O–H groups in total. The van der Waals surface area contributed by atoms with Crippen LogP contribution < -0.4 is 0 Å². The first-order chi connectivity index (χ1) is 13.2. The fourth-order valence-corrected chi connectivity index (χ4v) is 4.37. The SMILES string of the molecule is Fc1cccc2ccc(-c3nccn3C3CCOC4(CCOCC4)C3)nc12. The molecule has 1 unspecified atom stereocenters. The van der Waals surface area contributed by atoms with Crippen LogP contribution in [0.15, 0.2) is 42.7 Å². The number of fused-ring (bicyclic) bond motifs is 1. The zero-order chi connectivity index (χ0) is 18.3. The number of aromatic nitrogens is 3. The lowest BCUT2D eigenvalue weighted by Gasteiger charge is -2.43.